The van der Waals surface area contributed by atoms with E-state index in [9.17, 15) is 29.1 Å². The van der Waals surface area contributed by atoms with Crippen LogP contribution in [0.4, 0.5) is 0 Å². The first-order chi connectivity index (χ1) is 19.4. The third kappa shape index (κ3) is 6.02. The van der Waals surface area contributed by atoms with E-state index in [2.05, 4.69) is 12.2 Å². The van der Waals surface area contributed by atoms with Crippen LogP contribution in [0.25, 0.3) is 0 Å². The number of aliphatic carboxylic acids is 2. The molecule has 7 N–H and O–H groups in total. The Morgan fingerprint density at radius 1 is 1.15 bits per heavy atom. The summed E-state index contributed by atoms with van der Waals surface area (Å²) in [5.41, 5.74) is 6.33. The molecule has 1 saturated carbocycles. The lowest BCUT2D eigenvalue weighted by Gasteiger charge is -2.52. The quantitative estimate of drug-likeness (QED) is 0.102. The van der Waals surface area contributed by atoms with Crippen molar-refractivity contribution in [3.05, 3.63) is 23.5 Å². The number of carboxylic acids is 2. The van der Waals surface area contributed by atoms with Crippen molar-refractivity contribution in [2.45, 2.75) is 94.2 Å². The molecule has 0 saturated heterocycles. The molecular formula is C28H39N3O9S. The summed E-state index contributed by atoms with van der Waals surface area (Å²) in [6.07, 6.45) is 8.44. The smallest absolute Gasteiger partial charge is 0.353 e. The van der Waals surface area contributed by atoms with E-state index in [4.69, 9.17) is 20.7 Å². The van der Waals surface area contributed by atoms with Gasteiger partial charge in [0.15, 0.2) is 0 Å². The molecule has 6 atom stereocenters. The molecule has 13 heteroatoms. The number of nitrogens with one attached hydrogen (secondary N) is 2. The predicted octanol–water partition coefficient (Wildman–Crippen LogP) is 1.42. The number of carbonyl (C=O) groups is 5. The van der Waals surface area contributed by atoms with Gasteiger partial charge in [-0.1, -0.05) is 31.9 Å². The number of rotatable bonds is 13. The van der Waals surface area contributed by atoms with E-state index in [0.717, 1.165) is 56.9 Å². The van der Waals surface area contributed by atoms with Crippen LogP contribution in [-0.2, 0) is 28.7 Å². The highest BCUT2D eigenvalue weighted by atomic mass is 32.2. The van der Waals surface area contributed by atoms with E-state index in [-0.39, 0.29) is 35.9 Å². The average molecular weight is 594 g/mol. The van der Waals surface area contributed by atoms with Crippen molar-refractivity contribution in [2.75, 3.05) is 5.75 Å². The van der Waals surface area contributed by atoms with Gasteiger partial charge in [-0.2, -0.15) is 0 Å². The molecule has 226 valence electrons. The van der Waals surface area contributed by atoms with Gasteiger partial charge in [0.25, 0.3) is 0 Å². The Balaban J connectivity index is 1.65. The predicted molar refractivity (Wildman–Crippen MR) is 148 cm³/mol. The largest absolute Gasteiger partial charge is 0.480 e. The number of aliphatic hydroxyl groups is 1. The van der Waals surface area contributed by atoms with Crippen molar-refractivity contribution in [3.8, 4) is 0 Å². The van der Waals surface area contributed by atoms with Crippen molar-refractivity contribution < 1.29 is 44.0 Å². The Labute approximate surface area is 242 Å². The van der Waals surface area contributed by atoms with E-state index < -0.39 is 52.7 Å². The molecule has 12 nitrogen and oxygen atoms in total. The normalized spacial score (nSPS) is 28.3. The standard InChI is InChI=1S/C28H39N3O9S/c1-2-27(11-3-4-12-27)28(13-10-15-6-5-7-16-20(15)21(28)40-26(16)39)41-14-18(22(33)31-23(34)25(37)38)30-19(32)9-8-17(29)24(35)36/h5,7,15-18,23,34H,2-4,6,8-14,29H2,1H3,(H,30,32)(H,31,33)(H,35,36)(H,37,38). The fraction of sp³-hybridized carbons (Fsp3) is 0.679. The van der Waals surface area contributed by atoms with Crippen LogP contribution in [0.3, 0.4) is 0 Å². The molecule has 1 heterocycles. The number of aliphatic hydroxyl groups excluding tert-OH is 1. The number of carbonyl (C=O) groups excluding carboxylic acids is 3. The number of ether oxygens (including phenoxy) is 1. The summed E-state index contributed by atoms with van der Waals surface area (Å²) in [7, 11) is 0. The number of hydrogen-bond acceptors (Lipinski definition) is 9. The first-order valence-electron chi connectivity index (χ1n) is 14.2. The van der Waals surface area contributed by atoms with Gasteiger partial charge >= 0.3 is 17.9 Å². The van der Waals surface area contributed by atoms with Crippen LogP contribution < -0.4 is 16.4 Å². The molecule has 3 aliphatic carbocycles. The Bertz CT molecular complexity index is 1150. The number of esters is 1. The highest BCUT2D eigenvalue weighted by Crippen LogP contribution is 2.65. The minimum absolute atomic E-state index is 0.0101. The molecule has 0 spiro atoms. The van der Waals surface area contributed by atoms with Gasteiger partial charge in [0, 0.05) is 12.2 Å². The fourth-order valence-corrected chi connectivity index (χ4v) is 8.87. The van der Waals surface area contributed by atoms with Crippen molar-refractivity contribution in [1.82, 2.24) is 10.6 Å². The Hall–Kier alpha value is -2.90. The maximum Gasteiger partial charge on any atom is 0.353 e. The van der Waals surface area contributed by atoms with Gasteiger partial charge in [0.05, 0.1) is 4.75 Å². The van der Waals surface area contributed by atoms with Crippen LogP contribution in [0.2, 0.25) is 0 Å². The lowest BCUT2D eigenvalue weighted by Crippen LogP contribution is -2.54. The number of amides is 2. The summed E-state index contributed by atoms with van der Waals surface area (Å²) in [6.45, 7) is 2.13. The second kappa shape index (κ2) is 12.5. The zero-order valence-electron chi connectivity index (χ0n) is 23.1. The monoisotopic (exact) mass is 593 g/mol. The van der Waals surface area contributed by atoms with Crippen molar-refractivity contribution in [3.63, 3.8) is 0 Å². The molecule has 4 rings (SSSR count). The van der Waals surface area contributed by atoms with Crippen molar-refractivity contribution in [1.29, 1.82) is 0 Å². The maximum absolute atomic E-state index is 13.1. The van der Waals surface area contributed by atoms with Gasteiger partial charge in [-0.05, 0) is 61.9 Å². The molecular weight excluding hydrogens is 554 g/mol. The molecule has 0 radical (unpaired) electrons. The zero-order valence-corrected chi connectivity index (χ0v) is 23.9. The minimum Gasteiger partial charge on any atom is -0.480 e. The maximum atomic E-state index is 13.1. The molecule has 6 unspecified atom stereocenters. The fourth-order valence-electron chi connectivity index (χ4n) is 6.97. The summed E-state index contributed by atoms with van der Waals surface area (Å²) < 4.78 is 5.45. The lowest BCUT2D eigenvalue weighted by molar-refractivity contribution is -0.151. The zero-order chi connectivity index (χ0) is 29.9. The van der Waals surface area contributed by atoms with E-state index in [0.29, 0.717) is 5.76 Å². The second-order valence-electron chi connectivity index (χ2n) is 11.4. The minimum atomic E-state index is -2.18. The molecule has 1 aliphatic heterocycles. The number of nitrogens with two attached hydrogens (primary N) is 1. The third-order valence-corrected chi connectivity index (χ3v) is 11.0. The van der Waals surface area contributed by atoms with Crippen LogP contribution in [0, 0.1) is 17.3 Å². The molecule has 0 aromatic carbocycles. The van der Waals surface area contributed by atoms with Crippen LogP contribution in [0.1, 0.15) is 71.1 Å². The first kappa shape index (κ1) is 31.0. The van der Waals surface area contributed by atoms with Gasteiger partial charge in [0.2, 0.25) is 18.0 Å². The molecule has 0 aromatic rings. The summed E-state index contributed by atoms with van der Waals surface area (Å²) in [4.78, 5) is 61.2. The van der Waals surface area contributed by atoms with Gasteiger partial charge in [-0.3, -0.25) is 19.2 Å². The number of carboxylic acid groups (broad SMARTS) is 2. The van der Waals surface area contributed by atoms with Crippen LogP contribution in [0.5, 0.6) is 0 Å². The van der Waals surface area contributed by atoms with Gasteiger partial charge in [-0.15, -0.1) is 11.8 Å². The number of thioether (sulfide) groups is 1. The molecule has 4 aliphatic rings. The number of hydrogen-bond donors (Lipinski definition) is 6. The number of allylic oxidation sites excluding steroid dienone is 1. The molecule has 41 heavy (non-hydrogen) atoms. The summed E-state index contributed by atoms with van der Waals surface area (Å²) in [5.74, 6) is -4.26. The van der Waals surface area contributed by atoms with Gasteiger partial charge in [0.1, 0.15) is 23.8 Å². The molecule has 0 bridgehead atoms. The van der Waals surface area contributed by atoms with Gasteiger partial charge in [-0.25, -0.2) is 4.79 Å². The summed E-state index contributed by atoms with van der Waals surface area (Å²) in [5, 5.41) is 32.5. The van der Waals surface area contributed by atoms with E-state index in [1.165, 1.54) is 11.8 Å². The van der Waals surface area contributed by atoms with Crippen LogP contribution in [0.15, 0.2) is 23.5 Å². The first-order valence-corrected chi connectivity index (χ1v) is 15.2. The molecule has 0 aromatic heterocycles. The van der Waals surface area contributed by atoms with Crippen LogP contribution in [-0.4, -0.2) is 73.9 Å². The van der Waals surface area contributed by atoms with Crippen molar-refractivity contribution in [2.24, 2.45) is 23.0 Å². The highest BCUT2D eigenvalue weighted by Gasteiger charge is 2.61. The Morgan fingerprint density at radius 2 is 1.85 bits per heavy atom. The average Bonchev–Trinajstić information content (AvgIpc) is 3.57. The SMILES string of the molecule is CCC1(C2(SCC(NC(=O)CCC(N)C(=O)O)C(=O)NC(O)C(=O)O)CCC3CC=CC4C(=O)OC2=C34)CCCC1. The second-order valence-corrected chi connectivity index (χ2v) is 12.7. The third-order valence-electron chi connectivity index (χ3n) is 9.21. The van der Waals surface area contributed by atoms with E-state index >= 15 is 0 Å². The Morgan fingerprint density at radius 3 is 2.49 bits per heavy atom. The molecule has 1 fully saturated rings. The lowest BCUT2D eigenvalue weighted by atomic mass is 9.62. The highest BCUT2D eigenvalue weighted by molar-refractivity contribution is 8.01. The Kier molecular flexibility index (Phi) is 9.49. The van der Waals surface area contributed by atoms with Crippen LogP contribution >= 0.6 is 11.8 Å². The van der Waals surface area contributed by atoms with E-state index in [1.807, 2.05) is 17.5 Å². The summed E-state index contributed by atoms with van der Waals surface area (Å²) >= 11 is 1.44. The van der Waals surface area contributed by atoms with E-state index in [1.54, 1.807) is 0 Å². The van der Waals surface area contributed by atoms with Gasteiger partial charge < -0.3 is 36.4 Å². The van der Waals surface area contributed by atoms with Crippen molar-refractivity contribution >= 4 is 41.5 Å². The topological polar surface area (TPSA) is 205 Å². The summed E-state index contributed by atoms with van der Waals surface area (Å²) in [6, 6.07) is -2.51. The molecule has 2 amide bonds.